The van der Waals surface area contributed by atoms with Gasteiger partial charge in [-0.05, 0) is 61.0 Å². The van der Waals surface area contributed by atoms with Gasteiger partial charge in [0.05, 0.1) is 0 Å². The highest BCUT2D eigenvalue weighted by atomic mass is 16.3. The predicted molar refractivity (Wildman–Crippen MR) is 69.4 cm³/mol. The highest BCUT2D eigenvalue weighted by Crippen LogP contribution is 2.48. The van der Waals surface area contributed by atoms with Crippen molar-refractivity contribution in [1.82, 2.24) is 4.90 Å². The van der Waals surface area contributed by atoms with E-state index < -0.39 is 0 Å². The highest BCUT2D eigenvalue weighted by molar-refractivity contribution is 5.44. The van der Waals surface area contributed by atoms with Crippen molar-refractivity contribution in [2.24, 2.45) is 5.92 Å². The van der Waals surface area contributed by atoms with Crippen molar-refractivity contribution in [3.05, 3.63) is 29.3 Å². The van der Waals surface area contributed by atoms with Crippen molar-refractivity contribution in [2.45, 2.75) is 38.1 Å². The molecule has 1 N–H and O–H groups in total. The molecule has 0 spiro atoms. The number of piperidine rings is 1. The molecule has 1 aromatic rings. The van der Waals surface area contributed by atoms with Gasteiger partial charge in [0, 0.05) is 6.04 Å². The lowest BCUT2D eigenvalue weighted by Gasteiger charge is -2.53. The van der Waals surface area contributed by atoms with Gasteiger partial charge in [-0.3, -0.25) is 0 Å². The third kappa shape index (κ3) is 1.43. The summed E-state index contributed by atoms with van der Waals surface area (Å²) in [4.78, 5) is 2.50. The maximum Gasteiger partial charge on any atom is 0.115 e. The molecule has 2 unspecified atom stereocenters. The molecule has 3 rings (SSSR count). The van der Waals surface area contributed by atoms with Crippen LogP contribution in [0.3, 0.4) is 0 Å². The lowest BCUT2D eigenvalue weighted by Crippen LogP contribution is -2.56. The molecule has 1 aliphatic carbocycles. The summed E-state index contributed by atoms with van der Waals surface area (Å²) in [5.74, 6) is 1.07. The Morgan fingerprint density at radius 2 is 2.18 bits per heavy atom. The van der Waals surface area contributed by atoms with Crippen molar-refractivity contribution in [2.75, 3.05) is 13.6 Å². The van der Waals surface area contributed by atoms with E-state index in [0.717, 1.165) is 6.42 Å². The number of fused-ring (bicyclic) bond motifs is 4. The summed E-state index contributed by atoms with van der Waals surface area (Å²) < 4.78 is 0. The first-order chi connectivity index (χ1) is 8.02. The first-order valence-electron chi connectivity index (χ1n) is 6.55. The van der Waals surface area contributed by atoms with Gasteiger partial charge in [0.25, 0.3) is 0 Å². The summed E-state index contributed by atoms with van der Waals surface area (Å²) >= 11 is 0. The smallest absolute Gasteiger partial charge is 0.115 e. The zero-order valence-corrected chi connectivity index (χ0v) is 10.9. The molecule has 0 saturated carbocycles. The number of nitrogens with zero attached hydrogens (tertiary/aromatic N) is 1. The first-order valence-corrected chi connectivity index (χ1v) is 6.55. The van der Waals surface area contributed by atoms with Crippen LogP contribution in [0.5, 0.6) is 5.75 Å². The number of benzene rings is 1. The van der Waals surface area contributed by atoms with E-state index in [-0.39, 0.29) is 5.41 Å². The second-order valence-corrected chi connectivity index (χ2v) is 6.05. The van der Waals surface area contributed by atoms with Crippen molar-refractivity contribution in [3.8, 4) is 5.75 Å². The second-order valence-electron chi connectivity index (χ2n) is 6.05. The number of aromatic hydroxyl groups is 1. The molecule has 17 heavy (non-hydrogen) atoms. The topological polar surface area (TPSA) is 23.5 Å². The minimum atomic E-state index is 0.240. The van der Waals surface area contributed by atoms with Gasteiger partial charge in [-0.25, -0.2) is 0 Å². The average Bonchev–Trinajstić information content (AvgIpc) is 2.30. The van der Waals surface area contributed by atoms with E-state index in [2.05, 4.69) is 31.9 Å². The summed E-state index contributed by atoms with van der Waals surface area (Å²) in [5.41, 5.74) is 3.05. The summed E-state index contributed by atoms with van der Waals surface area (Å²) in [6.07, 6.45) is 2.32. The molecule has 2 bridgehead atoms. The number of phenols is 1. The van der Waals surface area contributed by atoms with Crippen molar-refractivity contribution < 1.29 is 5.11 Å². The molecule has 0 radical (unpaired) electrons. The lowest BCUT2D eigenvalue weighted by molar-refractivity contribution is 0.0506. The van der Waals surface area contributed by atoms with Crippen LogP contribution < -0.4 is 0 Å². The summed E-state index contributed by atoms with van der Waals surface area (Å²) in [7, 11) is 2.24. The van der Waals surface area contributed by atoms with E-state index in [9.17, 15) is 5.11 Å². The maximum atomic E-state index is 9.73. The Bertz CT molecular complexity index is 456. The van der Waals surface area contributed by atoms with Crippen molar-refractivity contribution >= 4 is 0 Å². The number of likely N-dealkylation sites (tertiary alicyclic amines) is 1. The van der Waals surface area contributed by atoms with Crippen LogP contribution in [0.15, 0.2) is 18.2 Å². The van der Waals surface area contributed by atoms with Gasteiger partial charge in [0.2, 0.25) is 0 Å². The third-order valence-corrected chi connectivity index (χ3v) is 5.27. The molecule has 0 amide bonds. The Hall–Kier alpha value is -1.02. The number of likely N-dealkylation sites (N-methyl/N-ethyl adjacent to an activating group) is 1. The molecule has 2 heteroatoms. The van der Waals surface area contributed by atoms with Crippen LogP contribution in [0.1, 0.15) is 31.4 Å². The molecule has 3 atom stereocenters. The molecular weight excluding hydrogens is 210 g/mol. The Balaban J connectivity index is 2.16. The molecule has 1 fully saturated rings. The van der Waals surface area contributed by atoms with E-state index in [1.54, 1.807) is 0 Å². The molecular formula is C15H21NO. The molecule has 2 nitrogen and oxygen atoms in total. The van der Waals surface area contributed by atoms with Crippen LogP contribution in [0.4, 0.5) is 0 Å². The van der Waals surface area contributed by atoms with Gasteiger partial charge in [-0.15, -0.1) is 0 Å². The SMILES string of the molecule is CC1C2Cc3ccc(O)cc3[C@]1(C)CCN2C. The number of hydrogen-bond donors (Lipinski definition) is 1. The second kappa shape index (κ2) is 3.49. The molecule has 1 aromatic carbocycles. The fourth-order valence-electron chi connectivity index (χ4n) is 3.82. The van der Waals surface area contributed by atoms with Crippen LogP contribution in [0.2, 0.25) is 0 Å². The fraction of sp³-hybridized carbons (Fsp3) is 0.600. The lowest BCUT2D eigenvalue weighted by atomic mass is 9.59. The van der Waals surface area contributed by atoms with Gasteiger partial charge in [-0.1, -0.05) is 19.9 Å². The van der Waals surface area contributed by atoms with Crippen LogP contribution in [-0.2, 0) is 11.8 Å². The third-order valence-electron chi connectivity index (χ3n) is 5.27. The van der Waals surface area contributed by atoms with E-state index in [0.29, 0.717) is 17.7 Å². The number of phenolic OH excluding ortho intramolecular Hbond substituents is 1. The Kier molecular flexibility index (Phi) is 2.27. The largest absolute Gasteiger partial charge is 0.508 e. The molecule has 2 aliphatic rings. The van der Waals surface area contributed by atoms with E-state index in [1.807, 2.05) is 12.1 Å². The van der Waals surface area contributed by atoms with Crippen molar-refractivity contribution in [3.63, 3.8) is 0 Å². The highest BCUT2D eigenvalue weighted by Gasteiger charge is 2.47. The summed E-state index contributed by atoms with van der Waals surface area (Å²) in [6, 6.07) is 6.59. The first kappa shape index (κ1) is 11.1. The fourth-order valence-corrected chi connectivity index (χ4v) is 3.82. The maximum absolute atomic E-state index is 9.73. The normalized spacial score (nSPS) is 36.6. The van der Waals surface area contributed by atoms with Crippen LogP contribution >= 0.6 is 0 Å². The van der Waals surface area contributed by atoms with Gasteiger partial charge in [-0.2, -0.15) is 0 Å². The minimum Gasteiger partial charge on any atom is -0.508 e. The molecule has 1 aliphatic heterocycles. The standard InChI is InChI=1S/C15H21NO/c1-10-14-8-11-4-5-12(17)9-13(11)15(10,2)6-7-16(14)3/h4-5,9-10,14,17H,6-8H2,1-3H3/t10?,14?,15-/m1/s1. The van der Waals surface area contributed by atoms with Crippen molar-refractivity contribution in [1.29, 1.82) is 0 Å². The predicted octanol–water partition coefficient (Wildman–Crippen LogP) is 2.55. The van der Waals surface area contributed by atoms with E-state index in [4.69, 9.17) is 0 Å². The van der Waals surface area contributed by atoms with Gasteiger partial charge in [0.1, 0.15) is 5.75 Å². The van der Waals surface area contributed by atoms with Gasteiger partial charge < -0.3 is 10.0 Å². The van der Waals surface area contributed by atoms with E-state index in [1.165, 1.54) is 24.1 Å². The summed E-state index contributed by atoms with van der Waals surface area (Å²) in [5, 5.41) is 9.73. The summed E-state index contributed by atoms with van der Waals surface area (Å²) in [6.45, 7) is 5.91. The molecule has 1 heterocycles. The van der Waals surface area contributed by atoms with Crippen LogP contribution in [0.25, 0.3) is 0 Å². The monoisotopic (exact) mass is 231 g/mol. The Morgan fingerprint density at radius 1 is 1.41 bits per heavy atom. The van der Waals surface area contributed by atoms with Gasteiger partial charge in [0.15, 0.2) is 0 Å². The Morgan fingerprint density at radius 3 is 2.94 bits per heavy atom. The minimum absolute atomic E-state index is 0.240. The zero-order valence-electron chi connectivity index (χ0n) is 10.9. The molecule has 1 saturated heterocycles. The van der Waals surface area contributed by atoms with E-state index >= 15 is 0 Å². The Labute approximate surface area is 103 Å². The average molecular weight is 231 g/mol. The molecule has 92 valence electrons. The zero-order chi connectivity index (χ0) is 12.2. The quantitative estimate of drug-likeness (QED) is 0.741. The number of hydrogen-bond acceptors (Lipinski definition) is 2. The van der Waals surface area contributed by atoms with Crippen LogP contribution in [0, 0.1) is 5.92 Å². The molecule has 0 aromatic heterocycles. The van der Waals surface area contributed by atoms with Gasteiger partial charge >= 0.3 is 0 Å². The number of rotatable bonds is 0. The van der Waals surface area contributed by atoms with Crippen LogP contribution in [-0.4, -0.2) is 29.6 Å².